The second-order valence-corrected chi connectivity index (χ2v) is 3.45. The Morgan fingerprint density at radius 1 is 1.44 bits per heavy atom. The smallest absolute Gasteiger partial charge is 0.117 e. The number of rotatable bonds is 3. The Labute approximate surface area is 93.5 Å². The standard InChI is InChI=1S/C11H14N4O/c1-2-15-10(7-12)11(13-14-15)8-4-3-5-9(16)6-8/h3-6,16H,2,7,12H2,1H3. The minimum Gasteiger partial charge on any atom is -0.508 e. The summed E-state index contributed by atoms with van der Waals surface area (Å²) in [5.41, 5.74) is 8.14. The largest absolute Gasteiger partial charge is 0.508 e. The van der Waals surface area contributed by atoms with E-state index in [4.69, 9.17) is 5.73 Å². The third-order valence-corrected chi connectivity index (χ3v) is 2.45. The highest BCUT2D eigenvalue weighted by Crippen LogP contribution is 2.24. The van der Waals surface area contributed by atoms with Gasteiger partial charge in [-0.15, -0.1) is 5.10 Å². The average molecular weight is 218 g/mol. The van der Waals surface area contributed by atoms with Gasteiger partial charge in [0.1, 0.15) is 11.4 Å². The van der Waals surface area contributed by atoms with Crippen molar-refractivity contribution in [3.8, 4) is 17.0 Å². The minimum absolute atomic E-state index is 0.214. The molecule has 1 aromatic heterocycles. The maximum absolute atomic E-state index is 9.42. The van der Waals surface area contributed by atoms with Crippen molar-refractivity contribution in [2.75, 3.05) is 0 Å². The molecule has 0 atom stereocenters. The van der Waals surface area contributed by atoms with Gasteiger partial charge in [-0.05, 0) is 19.1 Å². The van der Waals surface area contributed by atoms with Crippen LogP contribution in [0.25, 0.3) is 11.3 Å². The summed E-state index contributed by atoms with van der Waals surface area (Å²) < 4.78 is 1.76. The molecule has 0 amide bonds. The lowest BCUT2D eigenvalue weighted by Gasteiger charge is -2.03. The highest BCUT2D eigenvalue weighted by Gasteiger charge is 2.12. The summed E-state index contributed by atoms with van der Waals surface area (Å²) in [6.45, 7) is 3.10. The second kappa shape index (κ2) is 4.32. The number of aromatic nitrogens is 3. The van der Waals surface area contributed by atoms with E-state index in [9.17, 15) is 5.11 Å². The molecule has 0 aliphatic rings. The molecule has 0 unspecified atom stereocenters. The van der Waals surface area contributed by atoms with E-state index < -0.39 is 0 Å². The Morgan fingerprint density at radius 3 is 2.88 bits per heavy atom. The molecule has 0 radical (unpaired) electrons. The topological polar surface area (TPSA) is 77.0 Å². The van der Waals surface area contributed by atoms with E-state index in [0.717, 1.165) is 23.5 Å². The lowest BCUT2D eigenvalue weighted by molar-refractivity contribution is 0.475. The molecule has 0 bridgehead atoms. The van der Waals surface area contributed by atoms with Crippen molar-refractivity contribution >= 4 is 0 Å². The maximum atomic E-state index is 9.42. The Hall–Kier alpha value is -1.88. The predicted octanol–water partition coefficient (Wildman–Crippen LogP) is 1.13. The molecule has 0 saturated heterocycles. The van der Waals surface area contributed by atoms with Crippen LogP contribution in [0.5, 0.6) is 5.75 Å². The number of aromatic hydroxyl groups is 1. The number of hydrogen-bond donors (Lipinski definition) is 2. The number of hydrogen-bond acceptors (Lipinski definition) is 4. The maximum Gasteiger partial charge on any atom is 0.117 e. The molecule has 1 heterocycles. The summed E-state index contributed by atoms with van der Waals surface area (Å²) in [7, 11) is 0. The van der Waals surface area contributed by atoms with E-state index in [2.05, 4.69) is 10.3 Å². The predicted molar refractivity (Wildman–Crippen MR) is 60.7 cm³/mol. The number of phenolic OH excluding ortho intramolecular Hbond substituents is 1. The average Bonchev–Trinajstić information content (AvgIpc) is 2.71. The molecule has 1 aromatic carbocycles. The first kappa shape index (κ1) is 10.6. The van der Waals surface area contributed by atoms with Crippen LogP contribution >= 0.6 is 0 Å². The molecule has 3 N–H and O–H groups in total. The molecule has 84 valence electrons. The molecule has 0 aliphatic heterocycles. The van der Waals surface area contributed by atoms with E-state index in [1.807, 2.05) is 13.0 Å². The Bertz CT molecular complexity index is 492. The molecule has 0 saturated carbocycles. The molecule has 16 heavy (non-hydrogen) atoms. The quantitative estimate of drug-likeness (QED) is 0.809. The van der Waals surface area contributed by atoms with E-state index in [1.165, 1.54) is 0 Å². The summed E-state index contributed by atoms with van der Waals surface area (Å²) in [5, 5.41) is 17.5. The fraction of sp³-hybridized carbons (Fsp3) is 0.273. The number of phenols is 1. The van der Waals surface area contributed by atoms with Gasteiger partial charge in [0.15, 0.2) is 0 Å². The first-order chi connectivity index (χ1) is 7.76. The van der Waals surface area contributed by atoms with E-state index in [0.29, 0.717) is 6.54 Å². The third-order valence-electron chi connectivity index (χ3n) is 2.45. The molecule has 5 nitrogen and oxygen atoms in total. The fourth-order valence-corrected chi connectivity index (χ4v) is 1.67. The van der Waals surface area contributed by atoms with Crippen molar-refractivity contribution < 1.29 is 5.11 Å². The molecule has 0 fully saturated rings. The van der Waals surface area contributed by atoms with E-state index in [1.54, 1.807) is 22.9 Å². The fourth-order valence-electron chi connectivity index (χ4n) is 1.67. The molecule has 5 heteroatoms. The van der Waals surface area contributed by atoms with Crippen molar-refractivity contribution in [1.82, 2.24) is 15.0 Å². The summed E-state index contributed by atoms with van der Waals surface area (Å²) in [6.07, 6.45) is 0. The Morgan fingerprint density at radius 2 is 2.25 bits per heavy atom. The van der Waals surface area contributed by atoms with Crippen LogP contribution in [-0.4, -0.2) is 20.1 Å². The van der Waals surface area contributed by atoms with E-state index >= 15 is 0 Å². The van der Waals surface area contributed by atoms with Crippen LogP contribution in [0.1, 0.15) is 12.6 Å². The first-order valence-electron chi connectivity index (χ1n) is 5.18. The van der Waals surface area contributed by atoms with Gasteiger partial charge in [-0.1, -0.05) is 17.3 Å². The summed E-state index contributed by atoms with van der Waals surface area (Å²) in [6, 6.07) is 6.93. The van der Waals surface area contributed by atoms with Crippen LogP contribution in [0, 0.1) is 0 Å². The van der Waals surface area contributed by atoms with Gasteiger partial charge in [0.05, 0.1) is 5.69 Å². The Balaban J connectivity index is 2.51. The number of benzene rings is 1. The number of nitrogens with zero attached hydrogens (tertiary/aromatic N) is 3. The van der Waals surface area contributed by atoms with Crippen LogP contribution in [0.2, 0.25) is 0 Å². The van der Waals surface area contributed by atoms with Crippen molar-refractivity contribution in [3.63, 3.8) is 0 Å². The molecular weight excluding hydrogens is 204 g/mol. The van der Waals surface area contributed by atoms with Gasteiger partial charge in [-0.3, -0.25) is 0 Å². The zero-order valence-electron chi connectivity index (χ0n) is 9.09. The monoisotopic (exact) mass is 218 g/mol. The third kappa shape index (κ3) is 1.77. The lowest BCUT2D eigenvalue weighted by atomic mass is 10.1. The van der Waals surface area contributed by atoms with Crippen molar-refractivity contribution in [3.05, 3.63) is 30.0 Å². The lowest BCUT2D eigenvalue weighted by Crippen LogP contribution is -2.08. The molecule has 2 rings (SSSR count). The van der Waals surface area contributed by atoms with Crippen LogP contribution in [0.3, 0.4) is 0 Å². The van der Waals surface area contributed by atoms with Gasteiger partial charge in [0.2, 0.25) is 0 Å². The number of nitrogens with two attached hydrogens (primary N) is 1. The molecular formula is C11H14N4O. The summed E-state index contributed by atoms with van der Waals surface area (Å²) in [4.78, 5) is 0. The van der Waals surface area contributed by atoms with Gasteiger partial charge < -0.3 is 10.8 Å². The van der Waals surface area contributed by atoms with Gasteiger partial charge in [0.25, 0.3) is 0 Å². The van der Waals surface area contributed by atoms with Crippen LogP contribution < -0.4 is 5.73 Å². The normalized spacial score (nSPS) is 10.6. The Kier molecular flexibility index (Phi) is 2.87. The van der Waals surface area contributed by atoms with Crippen LogP contribution in [-0.2, 0) is 13.1 Å². The SMILES string of the molecule is CCn1nnc(-c2cccc(O)c2)c1CN. The molecule has 0 spiro atoms. The zero-order chi connectivity index (χ0) is 11.5. The minimum atomic E-state index is 0.214. The highest BCUT2D eigenvalue weighted by atomic mass is 16.3. The first-order valence-corrected chi connectivity index (χ1v) is 5.18. The summed E-state index contributed by atoms with van der Waals surface area (Å²) in [5.74, 6) is 0.214. The van der Waals surface area contributed by atoms with E-state index in [-0.39, 0.29) is 5.75 Å². The molecule has 2 aromatic rings. The second-order valence-electron chi connectivity index (χ2n) is 3.45. The van der Waals surface area contributed by atoms with Crippen molar-refractivity contribution in [2.24, 2.45) is 5.73 Å². The van der Waals surface area contributed by atoms with Crippen molar-refractivity contribution in [2.45, 2.75) is 20.0 Å². The van der Waals surface area contributed by atoms with Gasteiger partial charge >= 0.3 is 0 Å². The molecule has 0 aliphatic carbocycles. The van der Waals surface area contributed by atoms with Crippen LogP contribution in [0.15, 0.2) is 24.3 Å². The zero-order valence-corrected chi connectivity index (χ0v) is 9.09. The van der Waals surface area contributed by atoms with Gasteiger partial charge in [0, 0.05) is 18.7 Å². The summed E-state index contributed by atoms with van der Waals surface area (Å²) >= 11 is 0. The van der Waals surface area contributed by atoms with Crippen molar-refractivity contribution in [1.29, 1.82) is 0 Å². The van der Waals surface area contributed by atoms with Gasteiger partial charge in [-0.25, -0.2) is 4.68 Å². The number of aryl methyl sites for hydroxylation is 1. The van der Waals surface area contributed by atoms with Crippen LogP contribution in [0.4, 0.5) is 0 Å². The van der Waals surface area contributed by atoms with Gasteiger partial charge in [-0.2, -0.15) is 0 Å². The highest BCUT2D eigenvalue weighted by molar-refractivity contribution is 5.63.